The van der Waals surface area contributed by atoms with Gasteiger partial charge in [-0.1, -0.05) is 18.2 Å². The van der Waals surface area contributed by atoms with E-state index >= 15 is 0 Å². The predicted molar refractivity (Wildman–Crippen MR) is 90.3 cm³/mol. The number of carbonyl (C=O) groups excluding carboxylic acids is 1. The van der Waals surface area contributed by atoms with Gasteiger partial charge in [0.2, 0.25) is 0 Å². The molecular formula is C19H18FN3O2. The number of nitrogens with zero attached hydrogens (tertiary/aromatic N) is 2. The van der Waals surface area contributed by atoms with Crippen molar-refractivity contribution in [1.82, 2.24) is 15.1 Å². The second-order valence-corrected chi connectivity index (χ2v) is 6.33. The molecule has 0 atom stereocenters. The van der Waals surface area contributed by atoms with Crippen molar-refractivity contribution in [3.8, 4) is 11.5 Å². The number of amides is 1. The van der Waals surface area contributed by atoms with Crippen molar-refractivity contribution in [2.45, 2.75) is 32.4 Å². The Balaban J connectivity index is 1.57. The molecule has 1 aliphatic rings. The van der Waals surface area contributed by atoms with Crippen LogP contribution in [0.4, 0.5) is 4.39 Å². The number of furan rings is 1. The largest absolute Gasteiger partial charge is 0.460 e. The van der Waals surface area contributed by atoms with Crippen molar-refractivity contribution in [2.24, 2.45) is 0 Å². The lowest BCUT2D eigenvalue weighted by Gasteiger charge is -2.21. The summed E-state index contributed by atoms with van der Waals surface area (Å²) in [5.41, 5.74) is 1.48. The first-order valence-electron chi connectivity index (χ1n) is 8.28. The molecule has 1 fully saturated rings. The van der Waals surface area contributed by atoms with Crippen LogP contribution in [-0.2, 0) is 6.54 Å². The second-order valence-electron chi connectivity index (χ2n) is 6.33. The summed E-state index contributed by atoms with van der Waals surface area (Å²) in [5.74, 6) is 0.930. The summed E-state index contributed by atoms with van der Waals surface area (Å²) in [6, 6.07) is 12.1. The van der Waals surface area contributed by atoms with Gasteiger partial charge in [0, 0.05) is 24.2 Å². The van der Waals surface area contributed by atoms with Crippen LogP contribution < -0.4 is 0 Å². The van der Waals surface area contributed by atoms with E-state index in [1.54, 1.807) is 29.2 Å². The number of rotatable bonds is 5. The van der Waals surface area contributed by atoms with Crippen LogP contribution in [0.2, 0.25) is 0 Å². The van der Waals surface area contributed by atoms with Crippen molar-refractivity contribution in [3.05, 3.63) is 65.3 Å². The molecule has 1 amide bonds. The molecule has 2 heterocycles. The Labute approximate surface area is 144 Å². The van der Waals surface area contributed by atoms with Gasteiger partial charge in [-0.2, -0.15) is 5.10 Å². The maximum absolute atomic E-state index is 14.0. The van der Waals surface area contributed by atoms with E-state index in [2.05, 4.69) is 10.2 Å². The van der Waals surface area contributed by atoms with Gasteiger partial charge in [0.25, 0.3) is 5.91 Å². The average molecular weight is 339 g/mol. The summed E-state index contributed by atoms with van der Waals surface area (Å²) < 4.78 is 19.5. The Kier molecular flexibility index (Phi) is 3.87. The van der Waals surface area contributed by atoms with Crippen LogP contribution in [0.5, 0.6) is 0 Å². The smallest absolute Gasteiger partial charge is 0.274 e. The van der Waals surface area contributed by atoms with Crippen LogP contribution in [0.25, 0.3) is 11.5 Å². The molecule has 0 radical (unpaired) electrons. The van der Waals surface area contributed by atoms with Crippen LogP contribution in [0.1, 0.15) is 34.7 Å². The number of aromatic nitrogens is 2. The van der Waals surface area contributed by atoms with Gasteiger partial charge in [0.15, 0.2) is 11.5 Å². The Morgan fingerprint density at radius 2 is 2.12 bits per heavy atom. The molecule has 0 unspecified atom stereocenters. The fourth-order valence-electron chi connectivity index (χ4n) is 2.85. The Bertz CT molecular complexity index is 911. The monoisotopic (exact) mass is 339 g/mol. The Morgan fingerprint density at radius 3 is 2.80 bits per heavy atom. The van der Waals surface area contributed by atoms with Gasteiger partial charge in [-0.25, -0.2) is 4.39 Å². The number of nitrogens with one attached hydrogen (secondary N) is 1. The third kappa shape index (κ3) is 3.20. The molecule has 25 heavy (non-hydrogen) atoms. The molecule has 0 saturated heterocycles. The number of aromatic amines is 1. The normalized spacial score (nSPS) is 13.8. The maximum Gasteiger partial charge on any atom is 0.274 e. The molecule has 0 aliphatic heterocycles. The quantitative estimate of drug-likeness (QED) is 0.766. The zero-order valence-corrected chi connectivity index (χ0v) is 13.8. The van der Waals surface area contributed by atoms with E-state index in [1.807, 2.05) is 19.1 Å². The minimum atomic E-state index is -0.297. The van der Waals surface area contributed by atoms with Crippen LogP contribution in [-0.4, -0.2) is 27.0 Å². The van der Waals surface area contributed by atoms with Crippen molar-refractivity contribution in [1.29, 1.82) is 0 Å². The predicted octanol–water partition coefficient (Wildman–Crippen LogP) is 3.92. The molecule has 1 saturated carbocycles. The van der Waals surface area contributed by atoms with Gasteiger partial charge in [0.05, 0.1) is 0 Å². The highest BCUT2D eigenvalue weighted by molar-refractivity contribution is 5.93. The number of carbonyl (C=O) groups is 1. The molecule has 4 rings (SSSR count). The standard InChI is InChI=1S/C19H18FN3O2/c1-12-6-9-18(25-12)16-10-17(22-21-16)19(24)23(14-7-8-14)11-13-4-2-3-5-15(13)20/h2-6,9-10,14H,7-8,11H2,1H3,(H,21,22). The first-order chi connectivity index (χ1) is 12.1. The SMILES string of the molecule is Cc1ccc(-c2cc(C(=O)N(Cc3ccccc3F)C3CC3)n[nH]2)o1. The lowest BCUT2D eigenvalue weighted by molar-refractivity contribution is 0.0722. The number of halogens is 1. The summed E-state index contributed by atoms with van der Waals surface area (Å²) >= 11 is 0. The number of hydrogen-bond donors (Lipinski definition) is 1. The summed E-state index contributed by atoms with van der Waals surface area (Å²) in [4.78, 5) is 14.6. The summed E-state index contributed by atoms with van der Waals surface area (Å²) in [7, 11) is 0. The van der Waals surface area contributed by atoms with E-state index in [1.165, 1.54) is 6.07 Å². The Hall–Kier alpha value is -2.89. The third-order valence-electron chi connectivity index (χ3n) is 4.35. The molecule has 5 nitrogen and oxygen atoms in total. The average Bonchev–Trinajstić information content (AvgIpc) is 3.15. The number of H-pyrrole nitrogens is 1. The molecule has 2 aromatic heterocycles. The Morgan fingerprint density at radius 1 is 1.32 bits per heavy atom. The van der Waals surface area contributed by atoms with Crippen molar-refractivity contribution in [2.75, 3.05) is 0 Å². The second kappa shape index (κ2) is 6.20. The van der Waals surface area contributed by atoms with Crippen LogP contribution >= 0.6 is 0 Å². The van der Waals surface area contributed by atoms with Gasteiger partial charge < -0.3 is 9.32 Å². The molecular weight excluding hydrogens is 321 g/mol. The molecule has 6 heteroatoms. The number of benzene rings is 1. The summed E-state index contributed by atoms with van der Waals surface area (Å²) in [5, 5.41) is 6.97. The van der Waals surface area contributed by atoms with E-state index in [9.17, 15) is 9.18 Å². The van der Waals surface area contributed by atoms with E-state index < -0.39 is 0 Å². The third-order valence-corrected chi connectivity index (χ3v) is 4.35. The lowest BCUT2D eigenvalue weighted by atomic mass is 10.2. The van der Waals surface area contributed by atoms with Crippen LogP contribution in [0.15, 0.2) is 46.9 Å². The van der Waals surface area contributed by atoms with Crippen molar-refractivity contribution < 1.29 is 13.6 Å². The van der Waals surface area contributed by atoms with E-state index in [0.717, 1.165) is 18.6 Å². The van der Waals surface area contributed by atoms with Crippen molar-refractivity contribution >= 4 is 5.91 Å². The number of aryl methyl sites for hydroxylation is 1. The van der Waals surface area contributed by atoms with Gasteiger partial charge in [-0.3, -0.25) is 9.89 Å². The van der Waals surface area contributed by atoms with E-state index in [4.69, 9.17) is 4.42 Å². The first kappa shape index (κ1) is 15.6. The molecule has 0 bridgehead atoms. The first-order valence-corrected chi connectivity index (χ1v) is 8.28. The van der Waals surface area contributed by atoms with Gasteiger partial charge >= 0.3 is 0 Å². The zero-order valence-electron chi connectivity index (χ0n) is 13.8. The topological polar surface area (TPSA) is 62.1 Å². The minimum absolute atomic E-state index is 0.151. The van der Waals surface area contributed by atoms with E-state index in [0.29, 0.717) is 22.7 Å². The molecule has 0 spiro atoms. The van der Waals surface area contributed by atoms with Crippen LogP contribution in [0, 0.1) is 12.7 Å². The van der Waals surface area contributed by atoms with E-state index in [-0.39, 0.29) is 24.3 Å². The highest BCUT2D eigenvalue weighted by Gasteiger charge is 2.34. The highest BCUT2D eigenvalue weighted by atomic mass is 19.1. The molecule has 128 valence electrons. The zero-order chi connectivity index (χ0) is 17.4. The fourth-order valence-corrected chi connectivity index (χ4v) is 2.85. The van der Waals surface area contributed by atoms with Gasteiger partial charge in [0.1, 0.15) is 17.3 Å². The fraction of sp³-hybridized carbons (Fsp3) is 0.263. The molecule has 1 aromatic carbocycles. The molecule has 1 N–H and O–H groups in total. The number of hydrogen-bond acceptors (Lipinski definition) is 3. The van der Waals surface area contributed by atoms with Crippen molar-refractivity contribution in [3.63, 3.8) is 0 Å². The highest BCUT2D eigenvalue weighted by Crippen LogP contribution is 2.30. The van der Waals surface area contributed by atoms with Gasteiger partial charge in [-0.15, -0.1) is 0 Å². The maximum atomic E-state index is 14.0. The van der Waals surface area contributed by atoms with Crippen LogP contribution in [0.3, 0.4) is 0 Å². The summed E-state index contributed by atoms with van der Waals surface area (Å²) in [6.45, 7) is 2.10. The minimum Gasteiger partial charge on any atom is -0.460 e. The van der Waals surface area contributed by atoms with Gasteiger partial charge in [-0.05, 0) is 38.0 Å². The lowest BCUT2D eigenvalue weighted by Crippen LogP contribution is -2.33. The molecule has 3 aromatic rings. The summed E-state index contributed by atoms with van der Waals surface area (Å²) in [6.07, 6.45) is 1.88. The molecule has 1 aliphatic carbocycles.